The molecule has 4 nitrogen and oxygen atoms in total. The van der Waals surface area contributed by atoms with E-state index >= 15 is 0 Å². The molecule has 0 saturated carbocycles. The maximum Gasteiger partial charge on any atom is 0.231 e. The van der Waals surface area contributed by atoms with E-state index < -0.39 is 5.41 Å². The molecule has 106 valence electrons. The Morgan fingerprint density at radius 2 is 2.00 bits per heavy atom. The molecular formula is C15H25N3O. The Hall–Kier alpha value is -1.39. The first kappa shape index (κ1) is 15.7. The minimum atomic E-state index is -0.459. The summed E-state index contributed by atoms with van der Waals surface area (Å²) < 4.78 is 0. The maximum absolute atomic E-state index is 12.4. The van der Waals surface area contributed by atoms with Gasteiger partial charge in [0, 0.05) is 18.8 Å². The van der Waals surface area contributed by atoms with Crippen molar-refractivity contribution in [1.29, 1.82) is 0 Å². The monoisotopic (exact) mass is 263 g/mol. The van der Waals surface area contributed by atoms with Gasteiger partial charge in [0.25, 0.3) is 0 Å². The average molecular weight is 263 g/mol. The van der Waals surface area contributed by atoms with E-state index in [1.54, 1.807) is 0 Å². The molecule has 0 fully saturated rings. The van der Waals surface area contributed by atoms with Crippen LogP contribution in [0.2, 0.25) is 0 Å². The van der Waals surface area contributed by atoms with Gasteiger partial charge in [-0.1, -0.05) is 26.0 Å². The zero-order valence-corrected chi connectivity index (χ0v) is 12.1. The van der Waals surface area contributed by atoms with Crippen LogP contribution in [0.15, 0.2) is 24.3 Å². The number of rotatable bonds is 7. The topological polar surface area (TPSA) is 67.2 Å². The molecule has 0 aliphatic carbocycles. The minimum Gasteiger partial charge on any atom is -0.329 e. The molecule has 0 saturated heterocycles. The molecule has 0 bridgehead atoms. The third-order valence-electron chi connectivity index (χ3n) is 3.79. The lowest BCUT2D eigenvalue weighted by Crippen LogP contribution is -2.41. The van der Waals surface area contributed by atoms with Gasteiger partial charge in [0.05, 0.1) is 5.41 Å². The quantitative estimate of drug-likeness (QED) is 0.706. The van der Waals surface area contributed by atoms with Gasteiger partial charge >= 0.3 is 0 Å². The molecule has 0 heterocycles. The lowest BCUT2D eigenvalue weighted by molar-refractivity contribution is -0.125. The average Bonchev–Trinajstić information content (AvgIpc) is 2.42. The first-order valence-corrected chi connectivity index (χ1v) is 6.87. The normalized spacial score (nSPS) is 11.4. The molecule has 0 aliphatic rings. The van der Waals surface area contributed by atoms with Crippen LogP contribution >= 0.6 is 0 Å². The van der Waals surface area contributed by atoms with E-state index in [0.29, 0.717) is 6.54 Å². The Kier molecular flexibility index (Phi) is 5.99. The van der Waals surface area contributed by atoms with E-state index in [0.717, 1.165) is 30.6 Å². The molecule has 0 spiro atoms. The second-order valence-electron chi connectivity index (χ2n) is 4.88. The predicted octanol–water partition coefficient (Wildman–Crippen LogP) is 2.11. The van der Waals surface area contributed by atoms with Crippen LogP contribution in [0.5, 0.6) is 0 Å². The third-order valence-corrected chi connectivity index (χ3v) is 3.79. The number of carbonyl (C=O) groups excluding carboxylic acids is 1. The van der Waals surface area contributed by atoms with Crippen molar-refractivity contribution in [2.75, 3.05) is 18.9 Å². The number of hydrogen-bond acceptors (Lipinski definition) is 3. The highest BCUT2D eigenvalue weighted by atomic mass is 16.2. The highest BCUT2D eigenvalue weighted by Gasteiger charge is 2.33. The van der Waals surface area contributed by atoms with Crippen LogP contribution in [-0.2, 0) is 11.3 Å². The van der Waals surface area contributed by atoms with Crippen LogP contribution in [0.25, 0.3) is 0 Å². The van der Waals surface area contributed by atoms with Crippen LogP contribution in [0, 0.1) is 5.41 Å². The summed E-state index contributed by atoms with van der Waals surface area (Å²) in [6.07, 6.45) is 1.50. The Morgan fingerprint density at radius 3 is 2.53 bits per heavy atom. The summed E-state index contributed by atoms with van der Waals surface area (Å²) in [5.41, 5.74) is 7.31. The Bertz CT molecular complexity index is 405. The molecule has 0 aromatic heterocycles. The van der Waals surface area contributed by atoms with Crippen molar-refractivity contribution in [3.05, 3.63) is 29.8 Å². The van der Waals surface area contributed by atoms with Crippen molar-refractivity contribution in [3.63, 3.8) is 0 Å². The molecule has 1 rings (SSSR count). The van der Waals surface area contributed by atoms with Crippen molar-refractivity contribution in [2.24, 2.45) is 11.1 Å². The number of nitrogens with one attached hydrogen (secondary N) is 2. The number of nitrogens with two attached hydrogens (primary N) is 1. The molecule has 1 aromatic rings. The van der Waals surface area contributed by atoms with Crippen molar-refractivity contribution >= 4 is 11.6 Å². The summed E-state index contributed by atoms with van der Waals surface area (Å²) in [6.45, 7) is 5.18. The standard InChI is InChI=1S/C15H25N3O/c1-4-15(5-2,11-16)14(19)18-13-8-6-7-12(9-13)10-17-3/h6-9,17H,4-5,10-11,16H2,1-3H3,(H,18,19). The maximum atomic E-state index is 12.4. The number of anilines is 1. The number of hydrogen-bond donors (Lipinski definition) is 3. The van der Waals surface area contributed by atoms with Gasteiger partial charge in [-0.2, -0.15) is 0 Å². The fourth-order valence-electron chi connectivity index (χ4n) is 2.18. The van der Waals surface area contributed by atoms with Crippen LogP contribution in [0.4, 0.5) is 5.69 Å². The zero-order valence-electron chi connectivity index (χ0n) is 12.1. The van der Waals surface area contributed by atoms with Gasteiger partial charge in [-0.15, -0.1) is 0 Å². The predicted molar refractivity (Wildman–Crippen MR) is 79.9 cm³/mol. The SMILES string of the molecule is CCC(CC)(CN)C(=O)Nc1cccc(CNC)c1. The lowest BCUT2D eigenvalue weighted by Gasteiger charge is -2.28. The van der Waals surface area contributed by atoms with Gasteiger partial charge in [-0.3, -0.25) is 4.79 Å². The van der Waals surface area contributed by atoms with Crippen LogP contribution < -0.4 is 16.4 Å². The van der Waals surface area contributed by atoms with Gasteiger partial charge in [-0.25, -0.2) is 0 Å². The van der Waals surface area contributed by atoms with Gasteiger partial charge in [0.1, 0.15) is 0 Å². The van der Waals surface area contributed by atoms with Gasteiger partial charge < -0.3 is 16.4 Å². The second kappa shape index (κ2) is 7.26. The molecular weight excluding hydrogens is 238 g/mol. The fourth-order valence-corrected chi connectivity index (χ4v) is 2.18. The number of carbonyl (C=O) groups is 1. The molecule has 4 N–H and O–H groups in total. The number of benzene rings is 1. The van der Waals surface area contributed by atoms with Crippen molar-refractivity contribution in [2.45, 2.75) is 33.2 Å². The largest absolute Gasteiger partial charge is 0.329 e. The summed E-state index contributed by atoms with van der Waals surface area (Å²) in [5, 5.41) is 6.08. The van der Waals surface area contributed by atoms with Gasteiger partial charge in [0.2, 0.25) is 5.91 Å². The highest BCUT2D eigenvalue weighted by Crippen LogP contribution is 2.27. The smallest absolute Gasteiger partial charge is 0.231 e. The highest BCUT2D eigenvalue weighted by molar-refractivity contribution is 5.95. The summed E-state index contributed by atoms with van der Waals surface area (Å²) in [6, 6.07) is 7.87. The summed E-state index contributed by atoms with van der Waals surface area (Å²) in [5.74, 6) is 0.0154. The molecule has 0 radical (unpaired) electrons. The second-order valence-corrected chi connectivity index (χ2v) is 4.88. The minimum absolute atomic E-state index is 0.0154. The number of amides is 1. The van der Waals surface area contributed by atoms with E-state index in [2.05, 4.69) is 10.6 Å². The van der Waals surface area contributed by atoms with E-state index in [-0.39, 0.29) is 5.91 Å². The van der Waals surface area contributed by atoms with Crippen molar-refractivity contribution in [1.82, 2.24) is 5.32 Å². The summed E-state index contributed by atoms with van der Waals surface area (Å²) in [4.78, 5) is 12.4. The van der Waals surface area contributed by atoms with Crippen molar-refractivity contribution in [3.8, 4) is 0 Å². The van der Waals surface area contributed by atoms with Crippen LogP contribution in [0.3, 0.4) is 0 Å². The van der Waals surface area contributed by atoms with Gasteiger partial charge in [-0.05, 0) is 37.6 Å². The van der Waals surface area contributed by atoms with Crippen LogP contribution in [-0.4, -0.2) is 19.5 Å². The van der Waals surface area contributed by atoms with E-state index in [4.69, 9.17) is 5.73 Å². The van der Waals surface area contributed by atoms with E-state index in [1.165, 1.54) is 0 Å². The Labute approximate surface area is 115 Å². The third kappa shape index (κ3) is 3.78. The fraction of sp³-hybridized carbons (Fsp3) is 0.533. The van der Waals surface area contributed by atoms with E-state index in [9.17, 15) is 4.79 Å². The summed E-state index contributed by atoms with van der Waals surface area (Å²) >= 11 is 0. The van der Waals surface area contributed by atoms with Crippen molar-refractivity contribution < 1.29 is 4.79 Å². The molecule has 0 atom stereocenters. The molecule has 1 aromatic carbocycles. The Balaban J connectivity index is 2.83. The molecule has 0 aliphatic heterocycles. The molecule has 1 amide bonds. The lowest BCUT2D eigenvalue weighted by atomic mass is 9.81. The Morgan fingerprint density at radius 1 is 1.32 bits per heavy atom. The van der Waals surface area contributed by atoms with E-state index in [1.807, 2.05) is 45.2 Å². The van der Waals surface area contributed by atoms with Crippen LogP contribution in [0.1, 0.15) is 32.3 Å². The molecule has 4 heteroatoms. The molecule has 0 unspecified atom stereocenters. The first-order valence-electron chi connectivity index (χ1n) is 6.87. The molecule has 19 heavy (non-hydrogen) atoms. The zero-order chi connectivity index (χ0) is 14.3. The van der Waals surface area contributed by atoms with Gasteiger partial charge in [0.15, 0.2) is 0 Å². The summed E-state index contributed by atoms with van der Waals surface area (Å²) in [7, 11) is 1.90. The first-order chi connectivity index (χ1) is 9.11.